The predicted octanol–water partition coefficient (Wildman–Crippen LogP) is 3.41. The molecule has 4 rings (SSSR count). The van der Waals surface area contributed by atoms with Crippen LogP contribution in [0.15, 0.2) is 42.5 Å². The fourth-order valence-corrected chi connectivity index (χ4v) is 5.14. The van der Waals surface area contributed by atoms with Crippen LogP contribution in [0.2, 0.25) is 0 Å². The maximum Gasteiger partial charge on any atom is 0.317 e. The molecule has 2 aromatic carbocycles. The van der Waals surface area contributed by atoms with Crippen molar-refractivity contribution in [1.29, 1.82) is 0 Å². The van der Waals surface area contributed by atoms with E-state index in [-0.39, 0.29) is 18.0 Å². The number of para-hydroxylation sites is 1. The van der Waals surface area contributed by atoms with E-state index >= 15 is 0 Å². The Kier molecular flexibility index (Phi) is 8.83. The average Bonchev–Trinajstić information content (AvgIpc) is 3.42. The van der Waals surface area contributed by atoms with Crippen LogP contribution in [0.25, 0.3) is 0 Å². The van der Waals surface area contributed by atoms with Crippen LogP contribution < -0.4 is 15.4 Å². The number of urea groups is 1. The van der Waals surface area contributed by atoms with Gasteiger partial charge in [0.1, 0.15) is 5.75 Å². The average molecular weight is 494 g/mol. The normalized spacial score (nSPS) is 17.6. The molecule has 2 fully saturated rings. The third kappa shape index (κ3) is 6.56. The SMILES string of the molecule is COc1ccc([C@@H](CNC(=O)N2CCN(CC(=O)Nc3c(C)cccc3C)CC2)N2CCCC2)cc1. The van der Waals surface area contributed by atoms with Crippen molar-refractivity contribution < 1.29 is 14.3 Å². The quantitative estimate of drug-likeness (QED) is 0.589. The molecule has 2 heterocycles. The highest BCUT2D eigenvalue weighted by Crippen LogP contribution is 2.26. The van der Waals surface area contributed by atoms with Crippen molar-refractivity contribution in [3.63, 3.8) is 0 Å². The van der Waals surface area contributed by atoms with Gasteiger partial charge in [-0.25, -0.2) is 4.79 Å². The number of carbonyl (C=O) groups is 2. The third-order valence-corrected chi connectivity index (χ3v) is 7.30. The first-order valence-corrected chi connectivity index (χ1v) is 12.9. The number of nitrogens with one attached hydrogen (secondary N) is 2. The standard InChI is InChI=1S/C28H39N5O3/c1-21-7-6-8-22(2)27(21)30-26(34)20-31-15-17-33(18-16-31)28(35)29-19-25(32-13-4-5-14-32)23-9-11-24(36-3)12-10-23/h6-12,25H,4-5,13-20H2,1-3H3,(H,29,35)(H,30,34)/t25-/m1/s1. The molecule has 0 unspecified atom stereocenters. The number of methoxy groups -OCH3 is 1. The number of anilines is 1. The number of benzene rings is 2. The number of carbonyl (C=O) groups excluding carboxylic acids is 2. The van der Waals surface area contributed by atoms with Crippen LogP contribution in [0.1, 0.15) is 35.6 Å². The molecule has 0 radical (unpaired) electrons. The highest BCUT2D eigenvalue weighted by molar-refractivity contribution is 5.93. The second-order valence-corrected chi connectivity index (χ2v) is 9.80. The van der Waals surface area contributed by atoms with Crippen LogP contribution in [0.5, 0.6) is 5.75 Å². The van der Waals surface area contributed by atoms with Gasteiger partial charge in [0, 0.05) is 38.4 Å². The van der Waals surface area contributed by atoms with Crippen molar-refractivity contribution >= 4 is 17.6 Å². The van der Waals surface area contributed by atoms with E-state index in [0.29, 0.717) is 39.3 Å². The Bertz CT molecular complexity index is 1010. The first-order chi connectivity index (χ1) is 17.4. The zero-order valence-electron chi connectivity index (χ0n) is 21.8. The molecule has 0 saturated carbocycles. The number of piperazine rings is 1. The van der Waals surface area contributed by atoms with Crippen LogP contribution in [0, 0.1) is 13.8 Å². The topological polar surface area (TPSA) is 77.1 Å². The van der Waals surface area contributed by atoms with Gasteiger partial charge in [-0.2, -0.15) is 0 Å². The molecule has 3 amide bonds. The molecule has 1 atom stereocenters. The van der Waals surface area contributed by atoms with Gasteiger partial charge in [-0.05, 0) is 68.6 Å². The van der Waals surface area contributed by atoms with Crippen molar-refractivity contribution in [2.45, 2.75) is 32.7 Å². The summed E-state index contributed by atoms with van der Waals surface area (Å²) >= 11 is 0. The summed E-state index contributed by atoms with van der Waals surface area (Å²) < 4.78 is 5.31. The predicted molar refractivity (Wildman–Crippen MR) is 142 cm³/mol. The van der Waals surface area contributed by atoms with Gasteiger partial charge in [0.15, 0.2) is 0 Å². The minimum atomic E-state index is -0.0349. The van der Waals surface area contributed by atoms with E-state index in [2.05, 4.69) is 32.6 Å². The molecule has 0 aliphatic carbocycles. The first kappa shape index (κ1) is 26.0. The Hall–Kier alpha value is -3.10. The lowest BCUT2D eigenvalue weighted by Crippen LogP contribution is -2.53. The number of rotatable bonds is 8. The second kappa shape index (κ2) is 12.2. The molecule has 2 aliphatic rings. The minimum absolute atomic E-state index is 0.0155. The maximum atomic E-state index is 13.0. The van der Waals surface area contributed by atoms with Gasteiger partial charge < -0.3 is 20.3 Å². The Morgan fingerprint density at radius 3 is 2.17 bits per heavy atom. The molecular weight excluding hydrogens is 454 g/mol. The van der Waals surface area contributed by atoms with Gasteiger partial charge in [-0.3, -0.25) is 14.6 Å². The molecule has 2 aromatic rings. The summed E-state index contributed by atoms with van der Waals surface area (Å²) in [5, 5.41) is 6.23. The lowest BCUT2D eigenvalue weighted by molar-refractivity contribution is -0.117. The molecule has 8 heteroatoms. The minimum Gasteiger partial charge on any atom is -0.497 e. The molecule has 36 heavy (non-hydrogen) atoms. The van der Waals surface area contributed by atoms with Gasteiger partial charge in [0.2, 0.25) is 5.91 Å². The zero-order valence-corrected chi connectivity index (χ0v) is 21.8. The molecule has 2 aliphatic heterocycles. The number of hydrogen-bond donors (Lipinski definition) is 2. The van der Waals surface area contributed by atoms with E-state index in [1.165, 1.54) is 18.4 Å². The summed E-state index contributed by atoms with van der Waals surface area (Å²) in [6, 6.07) is 14.3. The molecule has 194 valence electrons. The smallest absolute Gasteiger partial charge is 0.317 e. The summed E-state index contributed by atoms with van der Waals surface area (Å²) in [7, 11) is 1.67. The number of likely N-dealkylation sites (tertiary alicyclic amines) is 1. The fraction of sp³-hybridized carbons (Fsp3) is 0.500. The maximum absolute atomic E-state index is 13.0. The van der Waals surface area contributed by atoms with E-state index in [9.17, 15) is 9.59 Å². The van der Waals surface area contributed by atoms with E-state index in [0.717, 1.165) is 35.7 Å². The molecule has 0 bridgehead atoms. The Balaban J connectivity index is 1.26. The van der Waals surface area contributed by atoms with Crippen molar-refractivity contribution in [3.05, 3.63) is 59.2 Å². The second-order valence-electron chi connectivity index (χ2n) is 9.80. The Labute approximate surface area is 214 Å². The third-order valence-electron chi connectivity index (χ3n) is 7.30. The lowest BCUT2D eigenvalue weighted by Gasteiger charge is -2.35. The van der Waals surface area contributed by atoms with Crippen LogP contribution in [-0.2, 0) is 4.79 Å². The number of ether oxygens (including phenoxy) is 1. The number of nitrogens with zero attached hydrogens (tertiary/aromatic N) is 3. The van der Waals surface area contributed by atoms with Crippen molar-refractivity contribution in [3.8, 4) is 5.75 Å². The molecule has 8 nitrogen and oxygen atoms in total. The van der Waals surface area contributed by atoms with E-state index < -0.39 is 0 Å². The van der Waals surface area contributed by atoms with Gasteiger partial charge in [-0.1, -0.05) is 30.3 Å². The molecular formula is C28H39N5O3. The van der Waals surface area contributed by atoms with Gasteiger partial charge >= 0.3 is 6.03 Å². The molecule has 2 N–H and O–H groups in total. The zero-order chi connectivity index (χ0) is 25.5. The van der Waals surface area contributed by atoms with Gasteiger partial charge in [0.25, 0.3) is 0 Å². The summed E-state index contributed by atoms with van der Waals surface area (Å²) in [6.45, 7) is 9.60. The van der Waals surface area contributed by atoms with E-state index in [1.54, 1.807) is 7.11 Å². The monoisotopic (exact) mass is 493 g/mol. The Morgan fingerprint density at radius 1 is 0.917 bits per heavy atom. The van der Waals surface area contributed by atoms with Crippen molar-refractivity contribution in [1.82, 2.24) is 20.0 Å². The molecule has 0 spiro atoms. The van der Waals surface area contributed by atoms with E-state index in [4.69, 9.17) is 4.74 Å². The summed E-state index contributed by atoms with van der Waals surface area (Å²) in [5.74, 6) is 0.821. The Morgan fingerprint density at radius 2 is 1.56 bits per heavy atom. The van der Waals surface area contributed by atoms with Crippen LogP contribution in [0.4, 0.5) is 10.5 Å². The summed E-state index contributed by atoms with van der Waals surface area (Å²) in [4.78, 5) is 32.0. The lowest BCUT2D eigenvalue weighted by atomic mass is 10.1. The number of aryl methyl sites for hydroxylation is 2. The van der Waals surface area contributed by atoms with Crippen molar-refractivity contribution in [2.24, 2.45) is 0 Å². The highest BCUT2D eigenvalue weighted by Gasteiger charge is 2.27. The van der Waals surface area contributed by atoms with Crippen molar-refractivity contribution in [2.75, 3.05) is 64.8 Å². The number of amides is 3. The van der Waals surface area contributed by atoms with Crippen LogP contribution in [-0.4, -0.2) is 86.1 Å². The fourth-order valence-electron chi connectivity index (χ4n) is 5.14. The number of hydrogen-bond acceptors (Lipinski definition) is 5. The summed E-state index contributed by atoms with van der Waals surface area (Å²) in [6.07, 6.45) is 2.39. The summed E-state index contributed by atoms with van der Waals surface area (Å²) in [5.41, 5.74) is 4.21. The first-order valence-electron chi connectivity index (χ1n) is 12.9. The molecule has 0 aromatic heterocycles. The van der Waals surface area contributed by atoms with Gasteiger partial charge in [-0.15, -0.1) is 0 Å². The van der Waals surface area contributed by atoms with E-state index in [1.807, 2.05) is 49.1 Å². The van der Waals surface area contributed by atoms with Crippen LogP contribution >= 0.6 is 0 Å². The largest absolute Gasteiger partial charge is 0.497 e. The van der Waals surface area contributed by atoms with Crippen LogP contribution in [0.3, 0.4) is 0 Å². The highest BCUT2D eigenvalue weighted by atomic mass is 16.5. The molecule has 2 saturated heterocycles. The van der Waals surface area contributed by atoms with Gasteiger partial charge in [0.05, 0.1) is 19.7 Å².